The van der Waals surface area contributed by atoms with Crippen LogP contribution in [0, 0.1) is 0 Å². The number of hydrogen-bond donors (Lipinski definition) is 1. The highest BCUT2D eigenvalue weighted by atomic mass is 35.5. The molecule has 5 heteroatoms. The van der Waals surface area contributed by atoms with Crippen LogP contribution in [-0.2, 0) is 7.05 Å². The number of nitrogens with two attached hydrogens (primary N) is 1. The predicted octanol–water partition coefficient (Wildman–Crippen LogP) is 3.45. The van der Waals surface area contributed by atoms with Gasteiger partial charge in [0.2, 0.25) is 0 Å². The summed E-state index contributed by atoms with van der Waals surface area (Å²) in [6, 6.07) is 3.99. The molecule has 102 valence electrons. The zero-order valence-electron chi connectivity index (χ0n) is 11.6. The SMILES string of the molecule is COc1c(Cl)cc(C(C)C)cc1-c1cnn(C)c1N. The first-order valence-electron chi connectivity index (χ1n) is 6.11. The van der Waals surface area contributed by atoms with Crippen LogP contribution in [0.1, 0.15) is 25.3 Å². The average Bonchev–Trinajstić information content (AvgIpc) is 2.69. The Morgan fingerprint density at radius 3 is 2.47 bits per heavy atom. The molecular weight excluding hydrogens is 262 g/mol. The number of nitrogens with zero attached hydrogens (tertiary/aromatic N) is 2. The van der Waals surface area contributed by atoms with E-state index in [1.54, 1.807) is 25.0 Å². The molecule has 1 heterocycles. The van der Waals surface area contributed by atoms with Crippen LogP contribution in [0.5, 0.6) is 5.75 Å². The largest absolute Gasteiger partial charge is 0.495 e. The molecule has 0 aliphatic carbocycles. The molecule has 2 rings (SSSR count). The van der Waals surface area contributed by atoms with Crippen LogP contribution in [0.15, 0.2) is 18.3 Å². The molecule has 0 aliphatic rings. The summed E-state index contributed by atoms with van der Waals surface area (Å²) >= 11 is 6.29. The van der Waals surface area contributed by atoms with Crippen LogP contribution in [-0.4, -0.2) is 16.9 Å². The van der Waals surface area contributed by atoms with E-state index >= 15 is 0 Å². The topological polar surface area (TPSA) is 53.1 Å². The minimum atomic E-state index is 0.375. The standard InChI is InChI=1S/C14H18ClN3O/c1-8(2)9-5-10(13(19-4)12(15)6-9)11-7-17-18(3)14(11)16/h5-8H,16H2,1-4H3. The molecular formula is C14H18ClN3O. The highest BCUT2D eigenvalue weighted by molar-refractivity contribution is 6.32. The molecule has 1 aromatic carbocycles. The van der Waals surface area contributed by atoms with Gasteiger partial charge in [0.15, 0.2) is 0 Å². The second-order valence-electron chi connectivity index (χ2n) is 4.81. The monoisotopic (exact) mass is 279 g/mol. The summed E-state index contributed by atoms with van der Waals surface area (Å²) in [5, 5.41) is 4.75. The lowest BCUT2D eigenvalue weighted by atomic mass is 9.97. The zero-order valence-corrected chi connectivity index (χ0v) is 12.3. The Hall–Kier alpha value is -1.68. The minimum absolute atomic E-state index is 0.375. The number of methoxy groups -OCH3 is 1. The first kappa shape index (κ1) is 13.7. The van der Waals surface area contributed by atoms with E-state index in [2.05, 4.69) is 25.0 Å². The molecule has 0 saturated heterocycles. The van der Waals surface area contributed by atoms with Gasteiger partial charge in [0.25, 0.3) is 0 Å². The maximum Gasteiger partial charge on any atom is 0.145 e. The van der Waals surface area contributed by atoms with Crippen molar-refractivity contribution in [1.29, 1.82) is 0 Å². The van der Waals surface area contributed by atoms with E-state index in [4.69, 9.17) is 22.1 Å². The van der Waals surface area contributed by atoms with Crippen molar-refractivity contribution >= 4 is 17.4 Å². The second kappa shape index (κ2) is 5.13. The van der Waals surface area contributed by atoms with Crippen molar-refractivity contribution in [3.05, 3.63) is 28.9 Å². The van der Waals surface area contributed by atoms with Crippen molar-refractivity contribution in [2.75, 3.05) is 12.8 Å². The van der Waals surface area contributed by atoms with Crippen molar-refractivity contribution in [1.82, 2.24) is 9.78 Å². The fourth-order valence-electron chi connectivity index (χ4n) is 2.01. The smallest absolute Gasteiger partial charge is 0.145 e. The van der Waals surface area contributed by atoms with Gasteiger partial charge in [-0.25, -0.2) is 0 Å². The van der Waals surface area contributed by atoms with Crippen molar-refractivity contribution in [3.63, 3.8) is 0 Å². The fraction of sp³-hybridized carbons (Fsp3) is 0.357. The molecule has 4 nitrogen and oxygen atoms in total. The molecule has 0 fully saturated rings. The number of hydrogen-bond acceptors (Lipinski definition) is 3. The van der Waals surface area contributed by atoms with Gasteiger partial charge < -0.3 is 10.5 Å². The number of ether oxygens (including phenoxy) is 1. The molecule has 2 aromatic rings. The van der Waals surface area contributed by atoms with Crippen molar-refractivity contribution in [2.45, 2.75) is 19.8 Å². The van der Waals surface area contributed by atoms with E-state index in [0.717, 1.165) is 16.7 Å². The van der Waals surface area contributed by atoms with Gasteiger partial charge in [0, 0.05) is 18.2 Å². The van der Waals surface area contributed by atoms with E-state index in [-0.39, 0.29) is 0 Å². The van der Waals surface area contributed by atoms with Gasteiger partial charge in [-0.3, -0.25) is 4.68 Å². The second-order valence-corrected chi connectivity index (χ2v) is 5.21. The Labute approximate surface area is 118 Å². The zero-order chi connectivity index (χ0) is 14.2. The summed E-state index contributed by atoms with van der Waals surface area (Å²) in [5.74, 6) is 1.60. The summed E-state index contributed by atoms with van der Waals surface area (Å²) in [6.07, 6.45) is 1.73. The third kappa shape index (κ3) is 2.40. The van der Waals surface area contributed by atoms with Crippen molar-refractivity contribution < 1.29 is 4.74 Å². The van der Waals surface area contributed by atoms with Crippen LogP contribution in [0.4, 0.5) is 5.82 Å². The van der Waals surface area contributed by atoms with Gasteiger partial charge in [-0.05, 0) is 23.6 Å². The van der Waals surface area contributed by atoms with Gasteiger partial charge in [-0.2, -0.15) is 5.10 Å². The van der Waals surface area contributed by atoms with Gasteiger partial charge >= 0.3 is 0 Å². The summed E-state index contributed by atoms with van der Waals surface area (Å²) in [5.41, 5.74) is 8.89. The molecule has 2 N–H and O–H groups in total. The van der Waals surface area contributed by atoms with E-state index in [9.17, 15) is 0 Å². The van der Waals surface area contributed by atoms with Crippen LogP contribution < -0.4 is 10.5 Å². The highest BCUT2D eigenvalue weighted by Crippen LogP contribution is 2.40. The molecule has 0 bridgehead atoms. The third-order valence-corrected chi connectivity index (χ3v) is 3.49. The highest BCUT2D eigenvalue weighted by Gasteiger charge is 2.17. The molecule has 0 spiro atoms. The van der Waals surface area contributed by atoms with Crippen molar-refractivity contribution in [2.24, 2.45) is 7.05 Å². The van der Waals surface area contributed by atoms with Crippen LogP contribution in [0.2, 0.25) is 5.02 Å². The summed E-state index contributed by atoms with van der Waals surface area (Å²) < 4.78 is 7.03. The molecule has 0 unspecified atom stereocenters. The van der Waals surface area contributed by atoms with E-state index in [0.29, 0.717) is 22.5 Å². The predicted molar refractivity (Wildman–Crippen MR) is 78.7 cm³/mol. The first-order valence-corrected chi connectivity index (χ1v) is 6.48. The summed E-state index contributed by atoms with van der Waals surface area (Å²) in [7, 11) is 3.41. The van der Waals surface area contributed by atoms with Gasteiger partial charge in [0.05, 0.1) is 18.3 Å². The van der Waals surface area contributed by atoms with Gasteiger partial charge in [0.1, 0.15) is 11.6 Å². The van der Waals surface area contributed by atoms with Crippen molar-refractivity contribution in [3.8, 4) is 16.9 Å². The van der Waals surface area contributed by atoms with E-state index in [1.807, 2.05) is 6.07 Å². The fourth-order valence-corrected chi connectivity index (χ4v) is 2.31. The Morgan fingerprint density at radius 2 is 2.00 bits per heavy atom. The molecule has 0 aliphatic heterocycles. The molecule has 0 atom stereocenters. The van der Waals surface area contributed by atoms with Gasteiger partial charge in [-0.1, -0.05) is 25.4 Å². The number of anilines is 1. The first-order chi connectivity index (χ1) is 8.95. The molecule has 19 heavy (non-hydrogen) atoms. The lowest BCUT2D eigenvalue weighted by molar-refractivity contribution is 0.416. The third-order valence-electron chi connectivity index (χ3n) is 3.21. The molecule has 0 amide bonds. The summed E-state index contributed by atoms with van der Waals surface area (Å²) in [4.78, 5) is 0. The number of rotatable bonds is 3. The number of aryl methyl sites for hydroxylation is 1. The Kier molecular flexibility index (Phi) is 3.71. The normalized spacial score (nSPS) is 11.1. The lowest BCUT2D eigenvalue weighted by Gasteiger charge is -2.14. The lowest BCUT2D eigenvalue weighted by Crippen LogP contribution is -1.99. The van der Waals surface area contributed by atoms with Gasteiger partial charge in [-0.15, -0.1) is 0 Å². The number of aromatic nitrogens is 2. The molecule has 0 saturated carbocycles. The van der Waals surface area contributed by atoms with Crippen LogP contribution >= 0.6 is 11.6 Å². The van der Waals surface area contributed by atoms with E-state index < -0.39 is 0 Å². The van der Waals surface area contributed by atoms with Crippen LogP contribution in [0.3, 0.4) is 0 Å². The molecule has 0 radical (unpaired) electrons. The maximum atomic E-state index is 6.29. The maximum absolute atomic E-state index is 6.29. The minimum Gasteiger partial charge on any atom is -0.495 e. The Morgan fingerprint density at radius 1 is 1.32 bits per heavy atom. The quantitative estimate of drug-likeness (QED) is 0.936. The number of benzene rings is 1. The molecule has 1 aromatic heterocycles. The van der Waals surface area contributed by atoms with E-state index in [1.165, 1.54) is 0 Å². The number of halogens is 1. The van der Waals surface area contributed by atoms with Crippen LogP contribution in [0.25, 0.3) is 11.1 Å². The average molecular weight is 280 g/mol. The summed E-state index contributed by atoms with van der Waals surface area (Å²) in [6.45, 7) is 4.24. The Bertz CT molecular complexity index is 605. The number of nitrogen functional groups attached to an aromatic ring is 1. The Balaban J connectivity index is 2.70.